The molecule has 0 saturated carbocycles. The molecule has 6 heteroatoms. The summed E-state index contributed by atoms with van der Waals surface area (Å²) in [4.78, 5) is 10.7. The molecule has 0 bridgehead atoms. The van der Waals surface area contributed by atoms with E-state index in [1.807, 2.05) is 27.9 Å². The van der Waals surface area contributed by atoms with Crippen LogP contribution in [0.25, 0.3) is 0 Å². The van der Waals surface area contributed by atoms with Crippen LogP contribution in [0.1, 0.15) is 18.3 Å². The molecule has 0 radical (unpaired) electrons. The number of ether oxygens (including phenoxy) is 1. The Hall–Kier alpha value is -1.40. The van der Waals surface area contributed by atoms with E-state index in [-0.39, 0.29) is 0 Å². The third-order valence-electron chi connectivity index (χ3n) is 2.38. The van der Waals surface area contributed by atoms with Crippen LogP contribution in [0.15, 0.2) is 0 Å². The lowest BCUT2D eigenvalue weighted by Gasteiger charge is -2.14. The van der Waals surface area contributed by atoms with E-state index in [4.69, 9.17) is 10.6 Å². The molecule has 1 rings (SSSR count). The molecule has 1 heterocycles. The number of hydrogen-bond acceptors (Lipinski definition) is 6. The highest BCUT2D eigenvalue weighted by molar-refractivity contribution is 5.47. The van der Waals surface area contributed by atoms with E-state index in [0.717, 1.165) is 24.4 Å². The summed E-state index contributed by atoms with van der Waals surface area (Å²) in [5.41, 5.74) is 3.40. The zero-order valence-electron chi connectivity index (χ0n) is 10.9. The number of aromatic nitrogens is 2. The minimum absolute atomic E-state index is 0.595. The van der Waals surface area contributed by atoms with Crippen LogP contribution in [-0.2, 0) is 6.42 Å². The van der Waals surface area contributed by atoms with Crippen LogP contribution in [0, 0.1) is 6.92 Å². The van der Waals surface area contributed by atoms with Crippen LogP contribution in [0.5, 0.6) is 5.88 Å². The highest BCUT2D eigenvalue weighted by atomic mass is 16.5. The zero-order valence-corrected chi connectivity index (χ0v) is 10.9. The first kappa shape index (κ1) is 13.7. The summed E-state index contributed by atoms with van der Waals surface area (Å²) in [6.45, 7) is 5.32. The number of aryl methyl sites for hydroxylation is 1. The van der Waals surface area contributed by atoms with Gasteiger partial charge in [0.1, 0.15) is 18.2 Å². The van der Waals surface area contributed by atoms with Crippen molar-refractivity contribution in [3.8, 4) is 5.88 Å². The topological polar surface area (TPSA) is 76.3 Å². The fraction of sp³-hybridized carbons (Fsp3) is 0.636. The van der Waals surface area contributed by atoms with Gasteiger partial charge < -0.3 is 15.1 Å². The molecule has 0 unspecified atom stereocenters. The number of hydrogen-bond donors (Lipinski definition) is 2. The number of nitrogens with zero attached hydrogens (tertiary/aromatic N) is 3. The number of nitrogens with two attached hydrogens (primary N) is 1. The Balaban J connectivity index is 2.82. The fourth-order valence-electron chi connectivity index (χ4n) is 1.30. The minimum Gasteiger partial charge on any atom is -0.476 e. The van der Waals surface area contributed by atoms with Crippen molar-refractivity contribution in [2.45, 2.75) is 20.3 Å². The van der Waals surface area contributed by atoms with Gasteiger partial charge in [0.05, 0.1) is 5.56 Å². The number of nitrogens with one attached hydrogen (secondary N) is 1. The molecule has 0 atom stereocenters. The Morgan fingerprint density at radius 3 is 2.59 bits per heavy atom. The predicted molar refractivity (Wildman–Crippen MR) is 68.0 cm³/mol. The number of likely N-dealkylation sites (N-methyl/N-ethyl adjacent to an activating group) is 1. The summed E-state index contributed by atoms with van der Waals surface area (Å²) in [6, 6.07) is 0. The van der Waals surface area contributed by atoms with E-state index in [0.29, 0.717) is 18.3 Å². The van der Waals surface area contributed by atoms with Gasteiger partial charge in [0.2, 0.25) is 5.88 Å². The van der Waals surface area contributed by atoms with Gasteiger partial charge in [-0.05, 0) is 21.0 Å². The molecule has 96 valence electrons. The van der Waals surface area contributed by atoms with Crippen molar-refractivity contribution in [2.24, 2.45) is 5.84 Å². The van der Waals surface area contributed by atoms with E-state index in [9.17, 15) is 0 Å². The van der Waals surface area contributed by atoms with Gasteiger partial charge in [-0.25, -0.2) is 10.8 Å². The molecular formula is C11H21N5O. The molecular weight excluding hydrogens is 218 g/mol. The van der Waals surface area contributed by atoms with Gasteiger partial charge in [-0.2, -0.15) is 4.98 Å². The van der Waals surface area contributed by atoms with Crippen molar-refractivity contribution in [1.29, 1.82) is 0 Å². The third-order valence-corrected chi connectivity index (χ3v) is 2.38. The second-order valence-electron chi connectivity index (χ2n) is 4.07. The monoisotopic (exact) mass is 239 g/mol. The Kier molecular flexibility index (Phi) is 5.11. The fourth-order valence-corrected chi connectivity index (χ4v) is 1.30. The maximum atomic E-state index is 5.64. The Labute approximate surface area is 102 Å². The molecule has 1 aromatic heterocycles. The molecule has 6 nitrogen and oxygen atoms in total. The molecule has 0 fully saturated rings. The van der Waals surface area contributed by atoms with Crippen LogP contribution in [-0.4, -0.2) is 42.1 Å². The lowest BCUT2D eigenvalue weighted by molar-refractivity contribution is 0.251. The maximum absolute atomic E-state index is 5.64. The van der Waals surface area contributed by atoms with Gasteiger partial charge in [0.25, 0.3) is 0 Å². The second-order valence-corrected chi connectivity index (χ2v) is 4.07. The van der Waals surface area contributed by atoms with Crippen molar-refractivity contribution < 1.29 is 4.74 Å². The van der Waals surface area contributed by atoms with Gasteiger partial charge in [-0.3, -0.25) is 0 Å². The van der Waals surface area contributed by atoms with Gasteiger partial charge >= 0.3 is 0 Å². The maximum Gasteiger partial charge on any atom is 0.221 e. The summed E-state index contributed by atoms with van der Waals surface area (Å²) >= 11 is 0. The summed E-state index contributed by atoms with van der Waals surface area (Å²) in [5, 5.41) is 0. The zero-order chi connectivity index (χ0) is 12.8. The summed E-state index contributed by atoms with van der Waals surface area (Å²) in [5.74, 6) is 7.37. The van der Waals surface area contributed by atoms with Crippen LogP contribution < -0.4 is 16.0 Å². The standard InChI is InChI=1S/C11H21N5O/c1-5-9-13-10(15-12)8(2)11(14-9)17-7-6-16(3)4/h5-7,12H2,1-4H3,(H,13,14,15). The number of rotatable bonds is 6. The van der Waals surface area contributed by atoms with Crippen molar-refractivity contribution in [2.75, 3.05) is 32.7 Å². The van der Waals surface area contributed by atoms with Gasteiger partial charge in [-0.1, -0.05) is 6.92 Å². The molecule has 0 aliphatic rings. The second kappa shape index (κ2) is 6.36. The molecule has 0 aromatic carbocycles. The van der Waals surface area contributed by atoms with E-state index in [2.05, 4.69) is 20.3 Å². The smallest absolute Gasteiger partial charge is 0.221 e. The highest BCUT2D eigenvalue weighted by Crippen LogP contribution is 2.21. The first-order chi connectivity index (χ1) is 8.08. The van der Waals surface area contributed by atoms with Crippen molar-refractivity contribution in [3.05, 3.63) is 11.4 Å². The van der Waals surface area contributed by atoms with Gasteiger partial charge in [0, 0.05) is 13.0 Å². The summed E-state index contributed by atoms with van der Waals surface area (Å²) in [7, 11) is 4.00. The largest absolute Gasteiger partial charge is 0.476 e. The van der Waals surface area contributed by atoms with E-state index in [1.54, 1.807) is 0 Å². The normalized spacial score (nSPS) is 10.7. The molecule has 0 amide bonds. The predicted octanol–water partition coefficient (Wildman–Crippen LogP) is 0.573. The average Bonchev–Trinajstić information content (AvgIpc) is 2.31. The van der Waals surface area contributed by atoms with Crippen LogP contribution in [0.2, 0.25) is 0 Å². The van der Waals surface area contributed by atoms with E-state index < -0.39 is 0 Å². The quantitative estimate of drug-likeness (QED) is 0.558. The van der Waals surface area contributed by atoms with Crippen LogP contribution >= 0.6 is 0 Å². The first-order valence-electron chi connectivity index (χ1n) is 5.70. The summed E-state index contributed by atoms with van der Waals surface area (Å²) < 4.78 is 5.64. The number of anilines is 1. The van der Waals surface area contributed by atoms with Gasteiger partial charge in [-0.15, -0.1) is 0 Å². The Morgan fingerprint density at radius 2 is 2.06 bits per heavy atom. The van der Waals surface area contributed by atoms with Crippen molar-refractivity contribution in [1.82, 2.24) is 14.9 Å². The van der Waals surface area contributed by atoms with E-state index in [1.165, 1.54) is 0 Å². The van der Waals surface area contributed by atoms with Crippen LogP contribution in [0.3, 0.4) is 0 Å². The molecule has 3 N–H and O–H groups in total. The molecule has 0 saturated heterocycles. The van der Waals surface area contributed by atoms with Crippen LogP contribution in [0.4, 0.5) is 5.82 Å². The molecule has 1 aromatic rings. The SMILES string of the molecule is CCc1nc(NN)c(C)c(OCCN(C)C)n1. The Morgan fingerprint density at radius 1 is 1.35 bits per heavy atom. The van der Waals surface area contributed by atoms with Crippen molar-refractivity contribution >= 4 is 5.82 Å². The Bertz CT molecular complexity index is 367. The molecule has 17 heavy (non-hydrogen) atoms. The van der Waals surface area contributed by atoms with E-state index >= 15 is 0 Å². The van der Waals surface area contributed by atoms with Crippen molar-refractivity contribution in [3.63, 3.8) is 0 Å². The van der Waals surface area contributed by atoms with Gasteiger partial charge in [0.15, 0.2) is 0 Å². The number of nitrogen functional groups attached to an aromatic ring is 1. The summed E-state index contributed by atoms with van der Waals surface area (Å²) in [6.07, 6.45) is 0.749. The third kappa shape index (κ3) is 3.83. The number of hydrazine groups is 1. The lowest BCUT2D eigenvalue weighted by Crippen LogP contribution is -2.20. The average molecular weight is 239 g/mol. The molecule has 0 aliphatic carbocycles. The lowest BCUT2D eigenvalue weighted by atomic mass is 10.3. The molecule has 0 spiro atoms. The first-order valence-corrected chi connectivity index (χ1v) is 5.70. The molecule has 0 aliphatic heterocycles. The highest BCUT2D eigenvalue weighted by Gasteiger charge is 2.10. The minimum atomic E-state index is 0.595.